The fraction of sp³-hybridized carbons (Fsp3) is 0. The topological polar surface area (TPSA) is 43.1 Å². The number of aromatic nitrogens is 4. The third-order valence-corrected chi connectivity index (χ3v) is 5.64. The van der Waals surface area contributed by atoms with Crippen molar-refractivity contribution in [1.29, 1.82) is 0 Å². The van der Waals surface area contributed by atoms with E-state index in [1.807, 2.05) is 42.6 Å². The summed E-state index contributed by atoms with van der Waals surface area (Å²) in [6, 6.07) is 24.8. The molecule has 0 spiro atoms. The van der Waals surface area contributed by atoms with Gasteiger partial charge in [-0.3, -0.25) is 0 Å². The Bertz CT molecular complexity index is 1420. The lowest BCUT2D eigenvalue weighted by Gasteiger charge is -2.08. The summed E-state index contributed by atoms with van der Waals surface area (Å²) in [6.45, 7) is 0. The molecule has 28 heavy (non-hydrogen) atoms. The van der Waals surface area contributed by atoms with Gasteiger partial charge in [-0.25, -0.2) is 14.5 Å². The van der Waals surface area contributed by atoms with E-state index in [9.17, 15) is 0 Å². The summed E-state index contributed by atoms with van der Waals surface area (Å²) in [5.41, 5.74) is 3.67. The van der Waals surface area contributed by atoms with Crippen LogP contribution in [0, 0.1) is 0 Å². The average Bonchev–Trinajstić information content (AvgIpc) is 3.16. The minimum atomic E-state index is 0.603. The van der Waals surface area contributed by atoms with E-state index < -0.39 is 0 Å². The molecule has 0 aliphatic rings. The summed E-state index contributed by atoms with van der Waals surface area (Å²) in [7, 11) is 0. The van der Waals surface area contributed by atoms with Crippen LogP contribution in [0.5, 0.6) is 0 Å². The maximum atomic E-state index is 4.90. The van der Waals surface area contributed by atoms with Crippen molar-refractivity contribution in [3.63, 3.8) is 0 Å². The van der Waals surface area contributed by atoms with Crippen molar-refractivity contribution in [1.82, 2.24) is 19.6 Å². The van der Waals surface area contributed by atoms with E-state index >= 15 is 0 Å². The lowest BCUT2D eigenvalue weighted by Crippen LogP contribution is -1.97. The van der Waals surface area contributed by atoms with E-state index in [0.717, 1.165) is 37.5 Å². The molecule has 0 bridgehead atoms. The van der Waals surface area contributed by atoms with Crippen LogP contribution >= 0.6 is 15.9 Å². The molecule has 0 aliphatic carbocycles. The van der Waals surface area contributed by atoms with Crippen molar-refractivity contribution in [2.24, 2.45) is 0 Å². The molecule has 2 aromatic heterocycles. The van der Waals surface area contributed by atoms with Crippen molar-refractivity contribution in [3.05, 3.63) is 83.5 Å². The maximum Gasteiger partial charge on any atom is 0.251 e. The normalized spacial score (nSPS) is 11.8. The third kappa shape index (κ3) is 2.26. The van der Waals surface area contributed by atoms with Crippen molar-refractivity contribution in [3.8, 4) is 11.3 Å². The second-order valence-corrected chi connectivity index (χ2v) is 7.69. The van der Waals surface area contributed by atoms with Crippen LogP contribution in [-0.4, -0.2) is 19.6 Å². The van der Waals surface area contributed by atoms with Gasteiger partial charge in [0, 0.05) is 20.8 Å². The van der Waals surface area contributed by atoms with Crippen LogP contribution in [0.3, 0.4) is 0 Å². The van der Waals surface area contributed by atoms with Gasteiger partial charge in [-0.15, -0.1) is 0 Å². The minimum Gasteiger partial charge on any atom is -0.209 e. The van der Waals surface area contributed by atoms with Crippen LogP contribution in [-0.2, 0) is 0 Å². The number of halogens is 1. The molecule has 0 N–H and O–H groups in total. The third-order valence-electron chi connectivity index (χ3n) is 5.11. The lowest BCUT2D eigenvalue weighted by atomic mass is 10.00. The summed E-state index contributed by atoms with van der Waals surface area (Å²) in [5, 5.41) is 9.47. The van der Waals surface area contributed by atoms with Gasteiger partial charge in [0.15, 0.2) is 0 Å². The lowest BCUT2D eigenvalue weighted by molar-refractivity contribution is 0.946. The highest BCUT2D eigenvalue weighted by Gasteiger charge is 2.14. The van der Waals surface area contributed by atoms with Crippen molar-refractivity contribution in [2.45, 2.75) is 0 Å². The summed E-state index contributed by atoms with van der Waals surface area (Å²) in [6.07, 6.45) is 1.94. The summed E-state index contributed by atoms with van der Waals surface area (Å²) < 4.78 is 2.82. The Morgan fingerprint density at radius 2 is 1.25 bits per heavy atom. The number of rotatable bonds is 1. The van der Waals surface area contributed by atoms with Gasteiger partial charge >= 0.3 is 0 Å². The molecule has 0 saturated carbocycles. The van der Waals surface area contributed by atoms with Gasteiger partial charge in [0.25, 0.3) is 5.78 Å². The number of benzene rings is 4. The van der Waals surface area contributed by atoms with Crippen LogP contribution in [0.2, 0.25) is 0 Å². The van der Waals surface area contributed by atoms with Crippen LogP contribution in [0.1, 0.15) is 0 Å². The predicted molar refractivity (Wildman–Crippen MR) is 116 cm³/mol. The van der Waals surface area contributed by atoms with E-state index in [-0.39, 0.29) is 0 Å². The molecule has 6 rings (SSSR count). The first-order valence-corrected chi connectivity index (χ1v) is 9.80. The zero-order chi connectivity index (χ0) is 18.7. The number of imidazole rings is 1. The Labute approximate surface area is 168 Å². The molecule has 0 aliphatic heterocycles. The molecule has 0 radical (unpaired) electrons. The largest absolute Gasteiger partial charge is 0.251 e. The van der Waals surface area contributed by atoms with Crippen molar-refractivity contribution >= 4 is 54.3 Å². The van der Waals surface area contributed by atoms with Crippen LogP contribution in [0.4, 0.5) is 0 Å². The van der Waals surface area contributed by atoms with Gasteiger partial charge in [0.2, 0.25) is 0 Å². The first-order valence-electron chi connectivity index (χ1n) is 9.00. The Kier molecular flexibility index (Phi) is 3.28. The first-order chi connectivity index (χ1) is 13.8. The molecule has 6 aromatic rings. The molecular formula is C23H13BrN4. The van der Waals surface area contributed by atoms with Crippen LogP contribution in [0.25, 0.3) is 49.6 Å². The predicted octanol–water partition coefficient (Wildman–Crippen LogP) is 6.01. The second kappa shape index (κ2) is 5.84. The molecule has 2 heterocycles. The van der Waals surface area contributed by atoms with Gasteiger partial charge in [0.1, 0.15) is 11.0 Å². The molecule has 5 heteroatoms. The van der Waals surface area contributed by atoms with E-state index in [4.69, 9.17) is 15.1 Å². The second-order valence-electron chi connectivity index (χ2n) is 6.78. The highest BCUT2D eigenvalue weighted by Crippen LogP contribution is 2.33. The zero-order valence-electron chi connectivity index (χ0n) is 14.7. The molecule has 0 atom stereocenters. The van der Waals surface area contributed by atoms with Gasteiger partial charge in [-0.1, -0.05) is 76.6 Å². The standard InChI is InChI=1S/C23H13BrN4/c24-15-11-9-14(10-12-15)20-13-28-23(25-20)26-21-18-7-3-1-5-16(18)17-6-2-4-8-19(17)22(21)27-28/h1-13H. The molecule has 0 saturated heterocycles. The monoisotopic (exact) mass is 424 g/mol. The highest BCUT2D eigenvalue weighted by atomic mass is 79.9. The van der Waals surface area contributed by atoms with Gasteiger partial charge < -0.3 is 0 Å². The van der Waals surface area contributed by atoms with E-state index in [1.54, 1.807) is 4.52 Å². The van der Waals surface area contributed by atoms with Gasteiger partial charge in [-0.05, 0) is 22.9 Å². The molecular weight excluding hydrogens is 412 g/mol. The molecule has 4 aromatic carbocycles. The Balaban J connectivity index is 1.73. The summed E-state index contributed by atoms with van der Waals surface area (Å²) >= 11 is 3.48. The number of hydrogen-bond acceptors (Lipinski definition) is 3. The van der Waals surface area contributed by atoms with Crippen molar-refractivity contribution < 1.29 is 0 Å². The number of fused-ring (bicyclic) bond motifs is 7. The number of nitrogens with zero attached hydrogens (tertiary/aromatic N) is 4. The first kappa shape index (κ1) is 15.7. The molecule has 0 unspecified atom stereocenters. The maximum absolute atomic E-state index is 4.90. The Morgan fingerprint density at radius 1 is 0.643 bits per heavy atom. The zero-order valence-corrected chi connectivity index (χ0v) is 16.3. The van der Waals surface area contributed by atoms with E-state index in [2.05, 4.69) is 52.3 Å². The fourth-order valence-electron chi connectivity index (χ4n) is 3.80. The average molecular weight is 425 g/mol. The van der Waals surface area contributed by atoms with Gasteiger partial charge in [-0.2, -0.15) is 5.10 Å². The highest BCUT2D eigenvalue weighted by molar-refractivity contribution is 9.10. The fourth-order valence-corrected chi connectivity index (χ4v) is 4.06. The summed E-state index contributed by atoms with van der Waals surface area (Å²) in [5.74, 6) is 0.603. The van der Waals surface area contributed by atoms with Crippen LogP contribution < -0.4 is 0 Å². The minimum absolute atomic E-state index is 0.603. The molecule has 4 nitrogen and oxygen atoms in total. The van der Waals surface area contributed by atoms with Crippen molar-refractivity contribution in [2.75, 3.05) is 0 Å². The van der Waals surface area contributed by atoms with E-state index in [1.165, 1.54) is 10.8 Å². The Hall–Kier alpha value is -3.31. The SMILES string of the molecule is Brc1ccc(-c2cn3nc4c5ccccc5c5ccccc5c4nc3n2)cc1. The molecule has 0 fully saturated rings. The quantitative estimate of drug-likeness (QED) is 0.303. The van der Waals surface area contributed by atoms with Gasteiger partial charge in [0.05, 0.1) is 11.9 Å². The van der Waals surface area contributed by atoms with E-state index in [0.29, 0.717) is 5.78 Å². The van der Waals surface area contributed by atoms with Crippen LogP contribution in [0.15, 0.2) is 83.5 Å². The smallest absolute Gasteiger partial charge is 0.209 e. The summed E-state index contributed by atoms with van der Waals surface area (Å²) in [4.78, 5) is 9.62. The molecule has 132 valence electrons. The molecule has 0 amide bonds. The Morgan fingerprint density at radius 3 is 1.93 bits per heavy atom. The number of hydrogen-bond donors (Lipinski definition) is 0.